The number of nitrogens with one attached hydrogen (secondary N) is 1. The van der Waals surface area contributed by atoms with Crippen molar-refractivity contribution in [1.82, 2.24) is 14.9 Å². The molecule has 0 aliphatic carbocycles. The maximum absolute atomic E-state index is 6.33. The number of halogens is 2. The van der Waals surface area contributed by atoms with E-state index in [2.05, 4.69) is 61.5 Å². The third kappa shape index (κ3) is 4.37. The van der Waals surface area contributed by atoms with Crippen molar-refractivity contribution in [1.29, 1.82) is 0 Å². The van der Waals surface area contributed by atoms with Gasteiger partial charge in [-0.2, -0.15) is 5.10 Å². The van der Waals surface area contributed by atoms with Crippen LogP contribution in [0.5, 0.6) is 0 Å². The lowest BCUT2D eigenvalue weighted by Crippen LogP contribution is -2.44. The fraction of sp³-hybridized carbons (Fsp3) is 0.261. The monoisotopic (exact) mass is 467 g/mol. The second-order valence-electron chi connectivity index (χ2n) is 7.94. The smallest absolute Gasteiger partial charge is 0.227 e. The van der Waals surface area contributed by atoms with Gasteiger partial charge in [0.1, 0.15) is 0 Å². The molecule has 32 heavy (non-hydrogen) atoms. The molecule has 0 unspecified atom stereocenters. The van der Waals surface area contributed by atoms with E-state index >= 15 is 0 Å². The summed E-state index contributed by atoms with van der Waals surface area (Å²) in [6.07, 6.45) is 3.52. The van der Waals surface area contributed by atoms with Crippen LogP contribution in [-0.4, -0.2) is 54.3 Å². The Morgan fingerprint density at radius 2 is 1.66 bits per heavy atom. The van der Waals surface area contributed by atoms with Gasteiger partial charge in [-0.3, -0.25) is 5.01 Å². The fourth-order valence-corrected chi connectivity index (χ4v) is 4.45. The average Bonchev–Trinajstić information content (AvgIpc) is 2.80. The van der Waals surface area contributed by atoms with Gasteiger partial charge in [0.25, 0.3) is 0 Å². The summed E-state index contributed by atoms with van der Waals surface area (Å²) < 4.78 is 0. The quantitative estimate of drug-likeness (QED) is 0.603. The summed E-state index contributed by atoms with van der Waals surface area (Å²) in [7, 11) is 2.16. The van der Waals surface area contributed by atoms with E-state index in [1.54, 1.807) is 23.4 Å². The highest BCUT2D eigenvalue weighted by atomic mass is 35.5. The maximum Gasteiger partial charge on any atom is 0.227 e. The van der Waals surface area contributed by atoms with Gasteiger partial charge in [0.05, 0.1) is 34.2 Å². The Hall–Kier alpha value is -2.87. The molecule has 2 aliphatic heterocycles. The number of benzene rings is 2. The van der Waals surface area contributed by atoms with Crippen LogP contribution in [0, 0.1) is 0 Å². The van der Waals surface area contributed by atoms with Gasteiger partial charge in [0.15, 0.2) is 0 Å². The summed E-state index contributed by atoms with van der Waals surface area (Å²) in [5.74, 6) is 0.534. The third-order valence-corrected chi connectivity index (χ3v) is 6.34. The average molecular weight is 468 g/mol. The van der Waals surface area contributed by atoms with Gasteiger partial charge in [-0.05, 0) is 43.4 Å². The lowest BCUT2D eigenvalue weighted by atomic mass is 10.2. The molecule has 9 heteroatoms. The van der Waals surface area contributed by atoms with E-state index in [1.807, 2.05) is 12.3 Å². The predicted octanol–water partition coefficient (Wildman–Crippen LogP) is 4.63. The molecule has 1 saturated heterocycles. The van der Waals surface area contributed by atoms with Crippen molar-refractivity contribution in [3.63, 3.8) is 0 Å². The van der Waals surface area contributed by atoms with Crippen molar-refractivity contribution in [2.45, 2.75) is 6.54 Å². The number of hydrogen-bond acceptors (Lipinski definition) is 7. The number of fused-ring (bicyclic) bond motifs is 1. The van der Waals surface area contributed by atoms with Crippen LogP contribution in [0.2, 0.25) is 10.0 Å². The largest absolute Gasteiger partial charge is 0.369 e. The first-order chi connectivity index (χ1) is 15.6. The zero-order valence-corrected chi connectivity index (χ0v) is 19.2. The molecule has 0 bridgehead atoms. The van der Waals surface area contributed by atoms with Crippen molar-refractivity contribution < 1.29 is 0 Å². The van der Waals surface area contributed by atoms with E-state index in [1.165, 1.54) is 5.69 Å². The number of anilines is 4. The Kier molecular flexibility index (Phi) is 5.87. The molecule has 1 fully saturated rings. The molecule has 5 rings (SSSR count). The number of aromatic nitrogens is 2. The minimum Gasteiger partial charge on any atom is -0.369 e. The topological polar surface area (TPSA) is 59.9 Å². The molecule has 0 amide bonds. The molecular formula is C23H23Cl2N7. The first kappa shape index (κ1) is 21.0. The van der Waals surface area contributed by atoms with Gasteiger partial charge in [-0.15, -0.1) is 0 Å². The van der Waals surface area contributed by atoms with Crippen molar-refractivity contribution >= 4 is 52.4 Å². The molecule has 1 N–H and O–H groups in total. The molecule has 7 nitrogen and oxygen atoms in total. The van der Waals surface area contributed by atoms with Gasteiger partial charge < -0.3 is 15.1 Å². The van der Waals surface area contributed by atoms with Gasteiger partial charge in [0.2, 0.25) is 5.95 Å². The van der Waals surface area contributed by atoms with Crippen LogP contribution in [0.4, 0.5) is 23.0 Å². The number of likely N-dealkylation sites (N-methyl/N-ethyl adjacent to an activating group) is 1. The standard InChI is InChI=1S/C23H23Cl2N7/c1-30-9-11-31(12-10-30)18-7-5-17(6-8-18)28-23-26-13-16-15-32(27-14-21(16)29-23)22-19(24)3-2-4-20(22)25/h2-8,13-14H,9-12,15H2,1H3,(H,26,28,29). The summed E-state index contributed by atoms with van der Waals surface area (Å²) in [4.78, 5) is 13.9. The molecule has 3 heterocycles. The SMILES string of the molecule is CN1CCN(c2ccc(Nc3ncc4c(n3)C=NN(c3c(Cl)cccc3Cl)C4)cc2)CC1. The van der Waals surface area contributed by atoms with Gasteiger partial charge >= 0.3 is 0 Å². The summed E-state index contributed by atoms with van der Waals surface area (Å²) in [6.45, 7) is 4.77. The highest BCUT2D eigenvalue weighted by Crippen LogP contribution is 2.35. The van der Waals surface area contributed by atoms with E-state index in [9.17, 15) is 0 Å². The highest BCUT2D eigenvalue weighted by molar-refractivity contribution is 6.39. The van der Waals surface area contributed by atoms with Crippen LogP contribution >= 0.6 is 23.2 Å². The molecule has 2 aromatic carbocycles. The fourth-order valence-electron chi connectivity index (χ4n) is 3.86. The van der Waals surface area contributed by atoms with E-state index in [0.29, 0.717) is 28.2 Å². The summed E-state index contributed by atoms with van der Waals surface area (Å²) in [5, 5.41) is 10.6. The second-order valence-corrected chi connectivity index (χ2v) is 8.75. The van der Waals surface area contributed by atoms with Crippen molar-refractivity contribution in [2.24, 2.45) is 5.10 Å². The van der Waals surface area contributed by atoms with Crippen LogP contribution < -0.4 is 15.2 Å². The van der Waals surface area contributed by atoms with Crippen molar-refractivity contribution in [2.75, 3.05) is 48.5 Å². The van der Waals surface area contributed by atoms with E-state index in [-0.39, 0.29) is 0 Å². The normalized spacial score (nSPS) is 16.2. The highest BCUT2D eigenvalue weighted by Gasteiger charge is 2.20. The number of piperazine rings is 1. The third-order valence-electron chi connectivity index (χ3n) is 5.73. The Bertz CT molecular complexity index is 1120. The van der Waals surface area contributed by atoms with E-state index < -0.39 is 0 Å². The first-order valence-electron chi connectivity index (χ1n) is 10.5. The number of hydrogen-bond donors (Lipinski definition) is 1. The summed E-state index contributed by atoms with van der Waals surface area (Å²) in [6, 6.07) is 13.8. The Balaban J connectivity index is 1.28. The molecule has 1 aromatic heterocycles. The lowest BCUT2D eigenvalue weighted by molar-refractivity contribution is 0.313. The molecule has 3 aromatic rings. The number of rotatable bonds is 4. The van der Waals surface area contributed by atoms with Crippen LogP contribution in [0.3, 0.4) is 0 Å². The van der Waals surface area contributed by atoms with Crippen LogP contribution in [0.15, 0.2) is 53.8 Å². The van der Waals surface area contributed by atoms with Crippen molar-refractivity contribution in [3.05, 3.63) is 70.0 Å². The maximum atomic E-state index is 6.33. The predicted molar refractivity (Wildman–Crippen MR) is 132 cm³/mol. The van der Waals surface area contributed by atoms with E-state index in [4.69, 9.17) is 23.2 Å². The second kappa shape index (κ2) is 8.94. The summed E-state index contributed by atoms with van der Waals surface area (Å²) >= 11 is 12.7. The minimum atomic E-state index is 0.495. The van der Waals surface area contributed by atoms with Crippen LogP contribution in [0.25, 0.3) is 0 Å². The number of hydrazone groups is 1. The lowest BCUT2D eigenvalue weighted by Gasteiger charge is -2.34. The number of nitrogens with zero attached hydrogens (tertiary/aromatic N) is 6. The zero-order valence-electron chi connectivity index (χ0n) is 17.7. The molecule has 0 spiro atoms. The Morgan fingerprint density at radius 3 is 2.38 bits per heavy atom. The van der Waals surface area contributed by atoms with Crippen LogP contribution in [0.1, 0.15) is 11.3 Å². The minimum absolute atomic E-state index is 0.495. The van der Waals surface area contributed by atoms with Crippen LogP contribution in [-0.2, 0) is 6.54 Å². The van der Waals surface area contributed by atoms with Gasteiger partial charge in [-0.1, -0.05) is 29.3 Å². The Labute approximate surface area is 197 Å². The van der Waals surface area contributed by atoms with Gasteiger partial charge in [0, 0.05) is 49.3 Å². The molecule has 0 atom stereocenters. The molecule has 2 aliphatic rings. The summed E-state index contributed by atoms with van der Waals surface area (Å²) in [5.41, 5.74) is 4.59. The molecule has 0 saturated carbocycles. The van der Waals surface area contributed by atoms with Crippen molar-refractivity contribution in [3.8, 4) is 0 Å². The first-order valence-corrected chi connectivity index (χ1v) is 11.2. The molecule has 0 radical (unpaired) electrons. The Morgan fingerprint density at radius 1 is 0.938 bits per heavy atom. The molecule has 164 valence electrons. The van der Waals surface area contributed by atoms with E-state index in [0.717, 1.165) is 43.1 Å². The number of para-hydroxylation sites is 1. The van der Waals surface area contributed by atoms with Gasteiger partial charge in [-0.25, -0.2) is 9.97 Å². The zero-order chi connectivity index (χ0) is 22.1. The molecular weight excluding hydrogens is 445 g/mol.